The second-order valence-corrected chi connectivity index (χ2v) is 6.50. The van der Waals surface area contributed by atoms with Gasteiger partial charge < -0.3 is 5.32 Å². The standard InChI is InChI=1S/C17H18N4O3S/c1-12(13-4-3-5-15(10-13)21(23)24)20(2)8-6-16(22)19-17-14(11-18)7-9-25-17/h3-5,7,9-10,12H,6,8H2,1-2H3,(H,19,22)/t12-/m0/s1. The highest BCUT2D eigenvalue weighted by Crippen LogP contribution is 2.24. The van der Waals surface area contributed by atoms with Gasteiger partial charge in [0.1, 0.15) is 11.1 Å². The van der Waals surface area contributed by atoms with Gasteiger partial charge in [-0.15, -0.1) is 11.3 Å². The molecule has 0 saturated heterocycles. The van der Waals surface area contributed by atoms with Crippen molar-refractivity contribution in [3.05, 3.63) is 57.0 Å². The molecular weight excluding hydrogens is 340 g/mol. The van der Waals surface area contributed by atoms with E-state index < -0.39 is 4.92 Å². The van der Waals surface area contributed by atoms with Crippen LogP contribution in [0.3, 0.4) is 0 Å². The van der Waals surface area contributed by atoms with E-state index in [9.17, 15) is 14.9 Å². The highest BCUT2D eigenvalue weighted by molar-refractivity contribution is 7.14. The Morgan fingerprint density at radius 1 is 1.48 bits per heavy atom. The van der Waals surface area contributed by atoms with Gasteiger partial charge in [-0.25, -0.2) is 0 Å². The summed E-state index contributed by atoms with van der Waals surface area (Å²) in [4.78, 5) is 24.5. The molecule has 0 aliphatic carbocycles. The van der Waals surface area contributed by atoms with Crippen LogP contribution in [0.2, 0.25) is 0 Å². The predicted molar refractivity (Wildman–Crippen MR) is 96.4 cm³/mol. The van der Waals surface area contributed by atoms with Gasteiger partial charge in [-0.3, -0.25) is 19.8 Å². The van der Waals surface area contributed by atoms with E-state index in [1.807, 2.05) is 31.0 Å². The lowest BCUT2D eigenvalue weighted by Gasteiger charge is -2.24. The fraction of sp³-hybridized carbons (Fsp3) is 0.294. The van der Waals surface area contributed by atoms with Crippen molar-refractivity contribution in [1.29, 1.82) is 5.26 Å². The van der Waals surface area contributed by atoms with Crippen LogP contribution in [0.4, 0.5) is 10.7 Å². The van der Waals surface area contributed by atoms with Crippen LogP contribution in [0, 0.1) is 21.4 Å². The summed E-state index contributed by atoms with van der Waals surface area (Å²) in [5, 5.41) is 24.9. The number of nitrogens with zero attached hydrogens (tertiary/aromatic N) is 3. The van der Waals surface area contributed by atoms with Gasteiger partial charge in [0, 0.05) is 31.1 Å². The smallest absolute Gasteiger partial charge is 0.269 e. The number of hydrogen-bond donors (Lipinski definition) is 1. The molecule has 25 heavy (non-hydrogen) atoms. The van der Waals surface area contributed by atoms with Crippen molar-refractivity contribution in [2.45, 2.75) is 19.4 Å². The van der Waals surface area contributed by atoms with Gasteiger partial charge in [0.05, 0.1) is 10.5 Å². The minimum absolute atomic E-state index is 0.0530. The molecule has 0 spiro atoms. The van der Waals surface area contributed by atoms with Crippen molar-refractivity contribution in [2.24, 2.45) is 0 Å². The number of hydrogen-bond acceptors (Lipinski definition) is 6. The Kier molecular flexibility index (Phi) is 6.22. The Balaban J connectivity index is 1.92. The minimum atomic E-state index is -0.419. The monoisotopic (exact) mass is 358 g/mol. The average Bonchev–Trinajstić information content (AvgIpc) is 3.06. The molecule has 0 fully saturated rings. The third-order valence-corrected chi connectivity index (χ3v) is 4.78. The van der Waals surface area contributed by atoms with Gasteiger partial charge in [-0.05, 0) is 31.0 Å². The van der Waals surface area contributed by atoms with Crippen molar-refractivity contribution < 1.29 is 9.72 Å². The predicted octanol–water partition coefficient (Wildman–Crippen LogP) is 3.55. The zero-order chi connectivity index (χ0) is 18.4. The van der Waals surface area contributed by atoms with Gasteiger partial charge in [-0.1, -0.05) is 12.1 Å². The summed E-state index contributed by atoms with van der Waals surface area (Å²) < 4.78 is 0. The Morgan fingerprint density at radius 3 is 2.92 bits per heavy atom. The van der Waals surface area contributed by atoms with E-state index in [4.69, 9.17) is 5.26 Å². The second-order valence-electron chi connectivity index (χ2n) is 5.58. The number of carbonyl (C=O) groups excluding carboxylic acids is 1. The summed E-state index contributed by atoms with van der Waals surface area (Å²) in [6, 6.07) is 10.1. The molecule has 1 heterocycles. The van der Waals surface area contributed by atoms with E-state index >= 15 is 0 Å². The minimum Gasteiger partial charge on any atom is -0.317 e. The number of non-ortho nitro benzene ring substituents is 1. The molecular formula is C17H18N4O3S. The van der Waals surface area contributed by atoms with E-state index in [2.05, 4.69) is 5.32 Å². The molecule has 1 amide bonds. The molecule has 1 atom stereocenters. The molecule has 0 radical (unpaired) electrons. The summed E-state index contributed by atoms with van der Waals surface area (Å²) >= 11 is 1.31. The first-order valence-electron chi connectivity index (χ1n) is 7.64. The van der Waals surface area contributed by atoms with E-state index in [-0.39, 0.29) is 24.1 Å². The van der Waals surface area contributed by atoms with Crippen LogP contribution in [0.15, 0.2) is 35.7 Å². The first-order chi connectivity index (χ1) is 11.9. The first kappa shape index (κ1) is 18.6. The van der Waals surface area contributed by atoms with Crippen molar-refractivity contribution in [1.82, 2.24) is 4.90 Å². The summed E-state index contributed by atoms with van der Waals surface area (Å²) in [6.07, 6.45) is 0.262. The zero-order valence-corrected chi connectivity index (χ0v) is 14.7. The Hall–Kier alpha value is -2.76. The lowest BCUT2D eigenvalue weighted by Crippen LogP contribution is -2.27. The van der Waals surface area contributed by atoms with E-state index in [1.54, 1.807) is 23.6 Å². The molecule has 7 nitrogen and oxygen atoms in total. The number of thiophene rings is 1. The van der Waals surface area contributed by atoms with Gasteiger partial charge in [-0.2, -0.15) is 5.26 Å². The summed E-state index contributed by atoms with van der Waals surface area (Å²) in [6.45, 7) is 2.42. The number of benzene rings is 1. The van der Waals surface area contributed by atoms with Crippen molar-refractivity contribution in [3.8, 4) is 6.07 Å². The second kappa shape index (κ2) is 8.37. The van der Waals surface area contributed by atoms with Gasteiger partial charge >= 0.3 is 0 Å². The quantitative estimate of drug-likeness (QED) is 0.603. The molecule has 1 aromatic carbocycles. The molecule has 0 saturated carbocycles. The molecule has 1 aromatic heterocycles. The Morgan fingerprint density at radius 2 is 2.24 bits per heavy atom. The molecule has 8 heteroatoms. The topological polar surface area (TPSA) is 99.3 Å². The zero-order valence-electron chi connectivity index (χ0n) is 13.9. The van der Waals surface area contributed by atoms with E-state index in [0.717, 1.165) is 5.56 Å². The number of nitriles is 1. The van der Waals surface area contributed by atoms with Crippen LogP contribution in [0.5, 0.6) is 0 Å². The van der Waals surface area contributed by atoms with Crippen LogP contribution < -0.4 is 5.32 Å². The van der Waals surface area contributed by atoms with Crippen molar-refractivity contribution in [3.63, 3.8) is 0 Å². The van der Waals surface area contributed by atoms with Crippen molar-refractivity contribution >= 4 is 27.9 Å². The van der Waals surface area contributed by atoms with Crippen LogP contribution >= 0.6 is 11.3 Å². The number of nitro groups is 1. The number of nitro benzene ring substituents is 1. The Bertz CT molecular complexity index is 812. The highest BCUT2D eigenvalue weighted by Gasteiger charge is 2.16. The molecule has 2 rings (SSSR count). The normalized spacial score (nSPS) is 11.8. The van der Waals surface area contributed by atoms with Crippen molar-refractivity contribution in [2.75, 3.05) is 18.9 Å². The van der Waals surface area contributed by atoms with E-state index in [1.165, 1.54) is 17.4 Å². The lowest BCUT2D eigenvalue weighted by atomic mass is 10.1. The molecule has 0 bridgehead atoms. The largest absolute Gasteiger partial charge is 0.317 e. The number of anilines is 1. The molecule has 1 N–H and O–H groups in total. The molecule has 0 unspecified atom stereocenters. The van der Waals surface area contributed by atoms with Crippen LogP contribution in [0.1, 0.15) is 30.5 Å². The Labute approximate surface area is 149 Å². The SMILES string of the molecule is C[C@@H](c1cccc([N+](=O)[O-])c1)N(C)CCC(=O)Nc1sccc1C#N. The summed E-state index contributed by atoms with van der Waals surface area (Å²) in [5.74, 6) is -0.169. The molecule has 130 valence electrons. The third-order valence-electron chi connectivity index (χ3n) is 3.95. The van der Waals surface area contributed by atoms with Crippen LogP contribution in [-0.2, 0) is 4.79 Å². The van der Waals surface area contributed by atoms with Gasteiger partial charge in [0.2, 0.25) is 5.91 Å². The first-order valence-corrected chi connectivity index (χ1v) is 8.52. The maximum atomic E-state index is 12.1. The van der Waals surface area contributed by atoms with E-state index in [0.29, 0.717) is 17.1 Å². The fourth-order valence-electron chi connectivity index (χ4n) is 2.31. The average molecular weight is 358 g/mol. The van der Waals surface area contributed by atoms with Gasteiger partial charge in [0.15, 0.2) is 0 Å². The summed E-state index contributed by atoms with van der Waals surface area (Å²) in [7, 11) is 1.86. The molecule has 0 aliphatic heterocycles. The maximum Gasteiger partial charge on any atom is 0.269 e. The molecule has 2 aromatic rings. The highest BCUT2D eigenvalue weighted by atomic mass is 32.1. The van der Waals surface area contributed by atoms with Crippen LogP contribution in [-0.4, -0.2) is 29.3 Å². The molecule has 0 aliphatic rings. The summed E-state index contributed by atoms with van der Waals surface area (Å²) in [5.41, 5.74) is 1.33. The third kappa shape index (κ3) is 4.86. The van der Waals surface area contributed by atoms with Gasteiger partial charge in [0.25, 0.3) is 5.69 Å². The number of rotatable bonds is 7. The fourth-order valence-corrected chi connectivity index (χ4v) is 3.06. The van der Waals surface area contributed by atoms with Crippen LogP contribution in [0.25, 0.3) is 0 Å². The lowest BCUT2D eigenvalue weighted by molar-refractivity contribution is -0.384. The number of carbonyl (C=O) groups is 1. The maximum absolute atomic E-state index is 12.1. The number of amides is 1. The number of nitrogens with one attached hydrogen (secondary N) is 1.